The molecule has 0 radical (unpaired) electrons. The van der Waals surface area contributed by atoms with Gasteiger partial charge in [0.15, 0.2) is 0 Å². The Morgan fingerprint density at radius 2 is 2.00 bits per heavy atom. The maximum absolute atomic E-state index is 12.6. The molecule has 1 N–H and O–H groups in total. The van der Waals surface area contributed by atoms with Gasteiger partial charge in [0.25, 0.3) is 0 Å². The maximum atomic E-state index is 12.6. The standard InChI is InChI=1S/C26H39N5O4/c1-8-31-13-21(27-28-31)15-35-23(26(5,6)24(33)34)19-10-9-18(2)20(11-19)12-30-14-22(32)29(7)16-25(3,4)17-30/h9-11,13,23H,8,12,14-17H2,1-7H3,(H,33,34). The molecule has 1 aliphatic heterocycles. The van der Waals surface area contributed by atoms with Crippen LogP contribution < -0.4 is 0 Å². The highest BCUT2D eigenvalue weighted by atomic mass is 16.5. The molecular weight excluding hydrogens is 446 g/mol. The fraction of sp³-hybridized carbons (Fsp3) is 0.615. The van der Waals surface area contributed by atoms with Crippen molar-refractivity contribution < 1.29 is 19.4 Å². The number of amides is 1. The molecule has 1 unspecified atom stereocenters. The second-order valence-electron chi connectivity index (χ2n) is 11.0. The van der Waals surface area contributed by atoms with Crippen LogP contribution in [0.4, 0.5) is 0 Å². The van der Waals surface area contributed by atoms with Crippen molar-refractivity contribution in [3.05, 3.63) is 46.8 Å². The molecule has 1 aromatic heterocycles. The second kappa shape index (κ2) is 10.5. The molecule has 2 aromatic rings. The monoisotopic (exact) mass is 485 g/mol. The number of ether oxygens (including phenoxy) is 1. The average molecular weight is 486 g/mol. The lowest BCUT2D eigenvalue weighted by atomic mass is 9.81. The van der Waals surface area contributed by atoms with E-state index in [-0.39, 0.29) is 17.9 Å². The third-order valence-corrected chi connectivity index (χ3v) is 6.69. The third kappa shape index (κ3) is 6.46. The van der Waals surface area contributed by atoms with Gasteiger partial charge in [-0.1, -0.05) is 37.3 Å². The normalized spacial score (nSPS) is 17.9. The first-order valence-electron chi connectivity index (χ1n) is 12.1. The fourth-order valence-corrected chi connectivity index (χ4v) is 4.69. The zero-order chi connectivity index (χ0) is 26.0. The lowest BCUT2D eigenvalue weighted by Crippen LogP contribution is -2.35. The van der Waals surface area contributed by atoms with E-state index in [0.717, 1.165) is 23.2 Å². The van der Waals surface area contributed by atoms with Gasteiger partial charge in [-0.05, 0) is 49.8 Å². The van der Waals surface area contributed by atoms with Crippen LogP contribution in [0, 0.1) is 17.8 Å². The fourth-order valence-electron chi connectivity index (χ4n) is 4.69. The summed E-state index contributed by atoms with van der Waals surface area (Å²) < 4.78 is 7.91. The molecule has 0 saturated carbocycles. The van der Waals surface area contributed by atoms with Crippen LogP contribution in [0.15, 0.2) is 24.4 Å². The molecule has 1 aliphatic rings. The van der Waals surface area contributed by atoms with Crippen molar-refractivity contribution in [1.82, 2.24) is 24.8 Å². The van der Waals surface area contributed by atoms with E-state index in [1.165, 1.54) is 0 Å². The van der Waals surface area contributed by atoms with E-state index >= 15 is 0 Å². The summed E-state index contributed by atoms with van der Waals surface area (Å²) in [4.78, 5) is 28.8. The lowest BCUT2D eigenvalue weighted by molar-refractivity contribution is -0.158. The number of hydrogen-bond acceptors (Lipinski definition) is 6. The predicted molar refractivity (Wildman–Crippen MR) is 133 cm³/mol. The lowest BCUT2D eigenvalue weighted by Gasteiger charge is -2.32. The van der Waals surface area contributed by atoms with E-state index in [1.54, 1.807) is 29.6 Å². The summed E-state index contributed by atoms with van der Waals surface area (Å²) in [5.41, 5.74) is 2.39. The minimum Gasteiger partial charge on any atom is -0.481 e. The van der Waals surface area contributed by atoms with Gasteiger partial charge in [0.2, 0.25) is 5.91 Å². The Bertz CT molecular complexity index is 1060. The van der Waals surface area contributed by atoms with Crippen molar-refractivity contribution in [2.45, 2.75) is 67.3 Å². The molecule has 1 amide bonds. The quantitative estimate of drug-likeness (QED) is 0.582. The van der Waals surface area contributed by atoms with Crippen LogP contribution in [0.2, 0.25) is 0 Å². The van der Waals surface area contributed by atoms with Gasteiger partial charge >= 0.3 is 5.97 Å². The number of carboxylic acids is 1. The van der Waals surface area contributed by atoms with Crippen LogP contribution in [-0.4, -0.2) is 68.5 Å². The van der Waals surface area contributed by atoms with Crippen molar-refractivity contribution in [3.8, 4) is 0 Å². The first-order valence-corrected chi connectivity index (χ1v) is 12.1. The molecule has 1 aromatic carbocycles. The number of aromatic nitrogens is 3. The molecule has 192 valence electrons. The number of benzene rings is 1. The maximum Gasteiger partial charge on any atom is 0.312 e. The second-order valence-corrected chi connectivity index (χ2v) is 11.0. The Hall–Kier alpha value is -2.78. The van der Waals surface area contributed by atoms with Crippen LogP contribution in [0.5, 0.6) is 0 Å². The van der Waals surface area contributed by atoms with Crippen molar-refractivity contribution in [1.29, 1.82) is 0 Å². The van der Waals surface area contributed by atoms with Crippen molar-refractivity contribution in [3.63, 3.8) is 0 Å². The molecule has 1 saturated heterocycles. The summed E-state index contributed by atoms with van der Waals surface area (Å²) in [6.45, 7) is 15.0. The van der Waals surface area contributed by atoms with Gasteiger partial charge in [-0.25, -0.2) is 0 Å². The molecule has 1 fully saturated rings. The number of aryl methyl sites for hydroxylation is 2. The SMILES string of the molecule is CCn1cc(COC(c2ccc(C)c(CN3CC(=O)N(C)CC(C)(C)C3)c2)C(C)(C)C(=O)O)nn1. The number of carbonyl (C=O) groups excluding carboxylic acids is 1. The van der Waals surface area contributed by atoms with E-state index in [1.807, 2.05) is 39.1 Å². The van der Waals surface area contributed by atoms with E-state index in [4.69, 9.17) is 4.74 Å². The Kier molecular flexibility index (Phi) is 8.01. The summed E-state index contributed by atoms with van der Waals surface area (Å²) in [5.74, 6) is -0.831. The molecule has 2 heterocycles. The van der Waals surface area contributed by atoms with Crippen molar-refractivity contribution >= 4 is 11.9 Å². The Morgan fingerprint density at radius 1 is 1.29 bits per heavy atom. The zero-order valence-electron chi connectivity index (χ0n) is 22.0. The number of carbonyl (C=O) groups is 2. The number of nitrogens with zero attached hydrogens (tertiary/aromatic N) is 5. The van der Waals surface area contributed by atoms with Gasteiger partial charge in [0, 0.05) is 33.2 Å². The van der Waals surface area contributed by atoms with Gasteiger partial charge in [-0.15, -0.1) is 5.10 Å². The van der Waals surface area contributed by atoms with Gasteiger partial charge in [0.05, 0.1) is 30.9 Å². The molecule has 0 aliphatic carbocycles. The summed E-state index contributed by atoms with van der Waals surface area (Å²) in [6.07, 6.45) is 1.11. The smallest absolute Gasteiger partial charge is 0.312 e. The predicted octanol–water partition coefficient (Wildman–Crippen LogP) is 3.28. The number of aliphatic carboxylic acids is 1. The minimum atomic E-state index is -1.17. The van der Waals surface area contributed by atoms with Crippen LogP contribution in [-0.2, 0) is 34.0 Å². The van der Waals surface area contributed by atoms with Gasteiger partial charge in [-0.2, -0.15) is 0 Å². The third-order valence-electron chi connectivity index (χ3n) is 6.69. The Labute approximate surface area is 208 Å². The zero-order valence-corrected chi connectivity index (χ0v) is 22.0. The van der Waals surface area contributed by atoms with Gasteiger partial charge in [-0.3, -0.25) is 19.2 Å². The minimum absolute atomic E-state index is 0.0285. The molecule has 1 atom stereocenters. The number of likely N-dealkylation sites (N-methyl/N-ethyl adjacent to an activating group) is 1. The molecule has 9 heteroatoms. The van der Waals surface area contributed by atoms with Crippen LogP contribution >= 0.6 is 0 Å². The highest BCUT2D eigenvalue weighted by molar-refractivity contribution is 5.78. The van der Waals surface area contributed by atoms with Crippen LogP contribution in [0.1, 0.15) is 63.1 Å². The molecule has 0 spiro atoms. The Morgan fingerprint density at radius 3 is 2.63 bits per heavy atom. The number of hydrogen-bond donors (Lipinski definition) is 1. The highest BCUT2D eigenvalue weighted by Crippen LogP contribution is 2.38. The average Bonchev–Trinajstić information content (AvgIpc) is 3.19. The van der Waals surface area contributed by atoms with Crippen molar-refractivity contribution in [2.24, 2.45) is 10.8 Å². The van der Waals surface area contributed by atoms with Gasteiger partial charge in [0.1, 0.15) is 5.69 Å². The first-order chi connectivity index (χ1) is 16.3. The van der Waals surface area contributed by atoms with Crippen molar-refractivity contribution in [2.75, 3.05) is 26.7 Å². The number of carboxylic acid groups (broad SMARTS) is 1. The summed E-state index contributed by atoms with van der Waals surface area (Å²) in [7, 11) is 1.86. The van der Waals surface area contributed by atoms with Gasteiger partial charge < -0.3 is 14.7 Å². The molecule has 9 nitrogen and oxygen atoms in total. The highest BCUT2D eigenvalue weighted by Gasteiger charge is 2.39. The van der Waals surface area contributed by atoms with E-state index in [0.29, 0.717) is 31.9 Å². The summed E-state index contributed by atoms with van der Waals surface area (Å²) >= 11 is 0. The number of rotatable bonds is 9. The molecule has 0 bridgehead atoms. The molecule has 3 rings (SSSR count). The van der Waals surface area contributed by atoms with E-state index < -0.39 is 17.5 Å². The Balaban J connectivity index is 1.88. The van der Waals surface area contributed by atoms with Crippen LogP contribution in [0.25, 0.3) is 0 Å². The summed E-state index contributed by atoms with van der Waals surface area (Å²) in [5, 5.41) is 18.1. The van der Waals surface area contributed by atoms with Crippen LogP contribution in [0.3, 0.4) is 0 Å². The summed E-state index contributed by atoms with van der Waals surface area (Å²) in [6, 6.07) is 5.96. The largest absolute Gasteiger partial charge is 0.481 e. The topological polar surface area (TPSA) is 101 Å². The van der Waals surface area contributed by atoms with E-state index in [9.17, 15) is 14.7 Å². The van der Waals surface area contributed by atoms with E-state index in [2.05, 4.69) is 29.1 Å². The molecular formula is C26H39N5O4. The first kappa shape index (κ1) is 26.8. The molecule has 35 heavy (non-hydrogen) atoms.